The monoisotopic (exact) mass is 410 g/mol. The van der Waals surface area contributed by atoms with E-state index >= 15 is 0 Å². The maximum absolute atomic E-state index is 5.26. The Bertz CT molecular complexity index is 951. The summed E-state index contributed by atoms with van der Waals surface area (Å²) in [5.74, 6) is 10.5. The SMILES string of the molecule is NNC(=S)N/N=C\c1c2ccccc2c(/C=N\NC(=S)NN)c2ccccc12. The molecule has 0 spiro atoms. The number of rotatable bonds is 4. The highest BCUT2D eigenvalue weighted by atomic mass is 32.1. The lowest BCUT2D eigenvalue weighted by Gasteiger charge is -2.12. The molecule has 3 rings (SSSR count). The molecular formula is C18H18N8S2. The zero-order valence-corrected chi connectivity index (χ0v) is 16.3. The molecule has 0 heterocycles. The van der Waals surface area contributed by atoms with Gasteiger partial charge < -0.3 is 0 Å². The average molecular weight is 411 g/mol. The standard InChI is InChI=1S/C18H18N8S2/c19-23-17(27)25-21-9-15-11-5-1-2-6-12(11)16(10-22-26-18(28)24-20)14-8-4-3-7-13(14)15/h1-10H,19-20H2,(H2,23,25,27)(H2,24,26,28)/b21-9-,22-10-. The number of hydrazone groups is 2. The summed E-state index contributed by atoms with van der Waals surface area (Å²) in [7, 11) is 0. The van der Waals surface area contributed by atoms with Crippen LogP contribution in [0.2, 0.25) is 0 Å². The second-order valence-corrected chi connectivity index (χ2v) is 6.42. The molecule has 3 aromatic rings. The number of hydrazine groups is 2. The molecule has 0 aliphatic rings. The number of thiocarbonyl (C=S) groups is 2. The fraction of sp³-hybridized carbons (Fsp3) is 0. The van der Waals surface area contributed by atoms with Crippen LogP contribution >= 0.6 is 24.4 Å². The molecule has 28 heavy (non-hydrogen) atoms. The van der Waals surface area contributed by atoms with Gasteiger partial charge in [-0.1, -0.05) is 48.5 Å². The van der Waals surface area contributed by atoms with Gasteiger partial charge in [-0.3, -0.25) is 21.7 Å². The lowest BCUT2D eigenvalue weighted by atomic mass is 9.92. The Labute approximate surface area is 172 Å². The topological polar surface area (TPSA) is 125 Å². The molecule has 0 saturated carbocycles. The number of nitrogens with zero attached hydrogens (tertiary/aromatic N) is 2. The summed E-state index contributed by atoms with van der Waals surface area (Å²) in [4.78, 5) is 0. The van der Waals surface area contributed by atoms with Crippen molar-refractivity contribution in [2.24, 2.45) is 21.9 Å². The third-order valence-corrected chi connectivity index (χ3v) is 4.41. The van der Waals surface area contributed by atoms with Crippen LogP contribution in [0, 0.1) is 0 Å². The van der Waals surface area contributed by atoms with Crippen LogP contribution in [0.3, 0.4) is 0 Å². The van der Waals surface area contributed by atoms with Gasteiger partial charge in [0.25, 0.3) is 0 Å². The van der Waals surface area contributed by atoms with Gasteiger partial charge in [-0.25, -0.2) is 11.7 Å². The van der Waals surface area contributed by atoms with Crippen LogP contribution in [0.1, 0.15) is 11.1 Å². The van der Waals surface area contributed by atoms with Crippen molar-refractivity contribution in [3.8, 4) is 0 Å². The molecule has 0 aromatic heterocycles. The molecule has 0 amide bonds. The minimum atomic E-state index is 0.226. The first kappa shape index (κ1) is 19.6. The summed E-state index contributed by atoms with van der Waals surface area (Å²) in [6.07, 6.45) is 3.45. The minimum absolute atomic E-state index is 0.226. The van der Waals surface area contributed by atoms with E-state index < -0.39 is 0 Å². The van der Waals surface area contributed by atoms with Crippen molar-refractivity contribution in [3.63, 3.8) is 0 Å². The molecule has 0 unspecified atom stereocenters. The van der Waals surface area contributed by atoms with Crippen LogP contribution in [0.15, 0.2) is 58.7 Å². The Kier molecular flexibility index (Phi) is 6.40. The van der Waals surface area contributed by atoms with Crippen LogP contribution < -0.4 is 33.4 Å². The van der Waals surface area contributed by atoms with Crippen molar-refractivity contribution >= 4 is 68.6 Å². The van der Waals surface area contributed by atoms with Crippen molar-refractivity contribution < 1.29 is 0 Å². The van der Waals surface area contributed by atoms with Gasteiger partial charge >= 0.3 is 0 Å². The summed E-state index contributed by atoms with van der Waals surface area (Å²) in [5, 5.41) is 12.9. The summed E-state index contributed by atoms with van der Waals surface area (Å²) in [6.45, 7) is 0. The first-order valence-electron chi connectivity index (χ1n) is 8.18. The molecule has 0 atom stereocenters. The summed E-state index contributed by atoms with van der Waals surface area (Å²) >= 11 is 9.90. The van der Waals surface area contributed by atoms with Crippen LogP contribution in [-0.2, 0) is 0 Å². The van der Waals surface area contributed by atoms with Crippen LogP contribution in [0.25, 0.3) is 21.5 Å². The summed E-state index contributed by atoms with van der Waals surface area (Å²) in [6, 6.07) is 16.0. The van der Waals surface area contributed by atoms with Crippen LogP contribution in [-0.4, -0.2) is 22.7 Å². The van der Waals surface area contributed by atoms with E-state index in [2.05, 4.69) is 31.9 Å². The van der Waals surface area contributed by atoms with Gasteiger partial charge in [0.2, 0.25) is 10.2 Å². The van der Waals surface area contributed by atoms with Gasteiger partial charge in [0.05, 0.1) is 12.4 Å². The highest BCUT2D eigenvalue weighted by molar-refractivity contribution is 7.80. The molecule has 142 valence electrons. The third kappa shape index (κ3) is 4.21. The maximum atomic E-state index is 5.26. The fourth-order valence-corrected chi connectivity index (χ4v) is 2.95. The zero-order valence-electron chi connectivity index (χ0n) is 14.6. The smallest absolute Gasteiger partial charge is 0.201 e. The Hall–Kier alpha value is -3.18. The number of benzene rings is 3. The third-order valence-electron chi connectivity index (χ3n) is 4.00. The highest BCUT2D eigenvalue weighted by Gasteiger charge is 2.11. The molecule has 8 N–H and O–H groups in total. The second kappa shape index (κ2) is 9.15. The van der Waals surface area contributed by atoms with E-state index in [-0.39, 0.29) is 10.2 Å². The second-order valence-electron chi connectivity index (χ2n) is 5.61. The van der Waals surface area contributed by atoms with Crippen molar-refractivity contribution in [2.75, 3.05) is 0 Å². The zero-order chi connectivity index (χ0) is 19.9. The quantitative estimate of drug-likeness (QED) is 0.125. The molecule has 0 bridgehead atoms. The van der Waals surface area contributed by atoms with E-state index in [9.17, 15) is 0 Å². The molecule has 0 aliphatic carbocycles. The minimum Gasteiger partial charge on any atom is -0.300 e. The van der Waals surface area contributed by atoms with E-state index in [0.717, 1.165) is 32.7 Å². The van der Waals surface area contributed by atoms with Gasteiger partial charge in [-0.05, 0) is 46.0 Å². The fourth-order valence-electron chi connectivity index (χ4n) is 2.85. The van der Waals surface area contributed by atoms with Gasteiger partial charge in [0, 0.05) is 11.1 Å². The molecule has 3 aromatic carbocycles. The molecule has 0 saturated heterocycles. The van der Waals surface area contributed by atoms with Crippen molar-refractivity contribution in [3.05, 3.63) is 59.7 Å². The largest absolute Gasteiger partial charge is 0.300 e. The van der Waals surface area contributed by atoms with Crippen molar-refractivity contribution in [2.45, 2.75) is 0 Å². The Morgan fingerprint density at radius 3 is 1.29 bits per heavy atom. The molecule has 0 fully saturated rings. The highest BCUT2D eigenvalue weighted by Crippen LogP contribution is 2.31. The average Bonchev–Trinajstić information content (AvgIpc) is 2.74. The predicted octanol–water partition coefficient (Wildman–Crippen LogP) is 1.34. The number of nitrogens with two attached hydrogens (primary N) is 2. The van der Waals surface area contributed by atoms with Gasteiger partial charge in [0.15, 0.2) is 0 Å². The molecule has 0 radical (unpaired) electrons. The molecule has 8 nitrogen and oxygen atoms in total. The molecule has 10 heteroatoms. The van der Waals surface area contributed by atoms with Crippen molar-refractivity contribution in [1.82, 2.24) is 21.7 Å². The number of nitrogens with one attached hydrogen (secondary N) is 4. The van der Waals surface area contributed by atoms with Gasteiger partial charge in [0.1, 0.15) is 0 Å². The van der Waals surface area contributed by atoms with E-state index in [1.807, 2.05) is 48.5 Å². The number of hydrogen-bond acceptors (Lipinski definition) is 6. The summed E-state index contributed by atoms with van der Waals surface area (Å²) < 4.78 is 0. The predicted molar refractivity (Wildman–Crippen MR) is 123 cm³/mol. The van der Waals surface area contributed by atoms with Crippen LogP contribution in [0.4, 0.5) is 0 Å². The Morgan fingerprint density at radius 1 is 0.679 bits per heavy atom. The van der Waals surface area contributed by atoms with E-state index in [4.69, 9.17) is 36.1 Å². The number of hydrogen-bond donors (Lipinski definition) is 6. The number of fused-ring (bicyclic) bond motifs is 2. The van der Waals surface area contributed by atoms with Crippen molar-refractivity contribution in [1.29, 1.82) is 0 Å². The van der Waals surface area contributed by atoms with E-state index in [0.29, 0.717) is 0 Å². The van der Waals surface area contributed by atoms with E-state index in [1.54, 1.807) is 12.4 Å². The first-order chi connectivity index (χ1) is 13.7. The molecule has 0 aliphatic heterocycles. The summed E-state index contributed by atoms with van der Waals surface area (Å²) in [5.41, 5.74) is 11.9. The normalized spacial score (nSPS) is 11.2. The van der Waals surface area contributed by atoms with Crippen LogP contribution in [0.5, 0.6) is 0 Å². The van der Waals surface area contributed by atoms with E-state index in [1.165, 1.54) is 0 Å². The molecular weight excluding hydrogens is 392 g/mol. The Morgan fingerprint density at radius 2 is 1.00 bits per heavy atom. The van der Waals surface area contributed by atoms with Gasteiger partial charge in [-0.2, -0.15) is 10.2 Å². The first-order valence-corrected chi connectivity index (χ1v) is 9.00. The van der Waals surface area contributed by atoms with Gasteiger partial charge in [-0.15, -0.1) is 0 Å². The lowest BCUT2D eigenvalue weighted by Crippen LogP contribution is -2.37. The maximum Gasteiger partial charge on any atom is 0.201 e. The Balaban J connectivity index is 2.18. The lowest BCUT2D eigenvalue weighted by molar-refractivity contribution is 0.930.